The molecule has 0 atom stereocenters. The van der Waals surface area contributed by atoms with Crippen LogP contribution in [0, 0.1) is 0 Å². The second-order valence-electron chi connectivity index (χ2n) is 4.49. The fourth-order valence-corrected chi connectivity index (χ4v) is 2.11. The fraction of sp³-hybridized carbons (Fsp3) is 0.500. The van der Waals surface area contributed by atoms with Crippen molar-refractivity contribution in [3.63, 3.8) is 0 Å². The highest BCUT2D eigenvalue weighted by atomic mass is 16.2. The second-order valence-corrected chi connectivity index (χ2v) is 4.49. The van der Waals surface area contributed by atoms with E-state index in [1.54, 1.807) is 13.0 Å². The summed E-state index contributed by atoms with van der Waals surface area (Å²) in [7, 11) is 0. The quantitative estimate of drug-likeness (QED) is 0.747. The molecule has 98 valence electrons. The largest absolute Gasteiger partial charge is 0.396 e. The monoisotopic (exact) mass is 249 g/mol. The van der Waals surface area contributed by atoms with Crippen molar-refractivity contribution in [1.82, 2.24) is 9.88 Å². The molecule has 1 aromatic rings. The number of amides is 1. The molecular weight excluding hydrogens is 230 g/mol. The molecule has 1 aromatic heterocycles. The van der Waals surface area contributed by atoms with Gasteiger partial charge in [0.2, 0.25) is 5.91 Å². The highest BCUT2D eigenvalue weighted by Gasteiger charge is 2.17. The minimum Gasteiger partial charge on any atom is -0.396 e. The summed E-state index contributed by atoms with van der Waals surface area (Å²) in [4.78, 5) is 19.6. The molecule has 0 saturated carbocycles. The Morgan fingerprint density at radius 1 is 1.22 bits per heavy atom. The lowest BCUT2D eigenvalue weighted by Crippen LogP contribution is -2.33. The lowest BCUT2D eigenvalue weighted by atomic mass is 10.3. The first-order chi connectivity index (χ1) is 8.58. The van der Waals surface area contributed by atoms with Crippen molar-refractivity contribution in [2.45, 2.75) is 13.3 Å². The number of aromatic nitrogens is 1. The predicted octanol–water partition coefficient (Wildman–Crippen LogP) is 0.305. The van der Waals surface area contributed by atoms with Crippen LogP contribution in [0.5, 0.6) is 0 Å². The number of pyridine rings is 1. The summed E-state index contributed by atoms with van der Waals surface area (Å²) in [6, 6.07) is 3.64. The van der Waals surface area contributed by atoms with E-state index in [1.165, 1.54) is 0 Å². The number of nitrogen functional groups attached to an aromatic ring is 2. The summed E-state index contributed by atoms with van der Waals surface area (Å²) in [6.07, 6.45) is 0.936. The van der Waals surface area contributed by atoms with E-state index >= 15 is 0 Å². The number of carbonyl (C=O) groups excluding carboxylic acids is 1. The van der Waals surface area contributed by atoms with E-state index in [4.69, 9.17) is 11.5 Å². The second kappa shape index (κ2) is 5.12. The van der Waals surface area contributed by atoms with Crippen molar-refractivity contribution >= 4 is 23.2 Å². The summed E-state index contributed by atoms with van der Waals surface area (Å²) in [5, 5.41) is 0. The van der Waals surface area contributed by atoms with Crippen molar-refractivity contribution < 1.29 is 4.79 Å². The molecule has 0 spiro atoms. The molecule has 0 radical (unpaired) electrons. The van der Waals surface area contributed by atoms with Crippen molar-refractivity contribution in [2.75, 3.05) is 42.5 Å². The molecule has 1 saturated heterocycles. The molecule has 0 aliphatic carbocycles. The van der Waals surface area contributed by atoms with Gasteiger partial charge in [0.25, 0.3) is 0 Å². The molecule has 1 amide bonds. The average Bonchev–Trinajstić information content (AvgIpc) is 2.58. The summed E-state index contributed by atoms with van der Waals surface area (Å²) >= 11 is 0. The minimum atomic E-state index is 0.127. The summed E-state index contributed by atoms with van der Waals surface area (Å²) in [6.45, 7) is 4.78. The Morgan fingerprint density at radius 3 is 2.67 bits per heavy atom. The highest BCUT2D eigenvalue weighted by Crippen LogP contribution is 2.19. The van der Waals surface area contributed by atoms with E-state index in [0.29, 0.717) is 11.5 Å². The van der Waals surface area contributed by atoms with Gasteiger partial charge in [-0.05, 0) is 18.6 Å². The van der Waals surface area contributed by atoms with Crippen LogP contribution in [0.15, 0.2) is 12.1 Å². The van der Waals surface area contributed by atoms with Crippen LogP contribution >= 0.6 is 0 Å². The first-order valence-corrected chi connectivity index (χ1v) is 6.10. The smallest absolute Gasteiger partial charge is 0.219 e. The number of nitrogens with zero attached hydrogens (tertiary/aromatic N) is 3. The predicted molar refractivity (Wildman–Crippen MR) is 72.1 cm³/mol. The Bertz CT molecular complexity index is 448. The topological polar surface area (TPSA) is 88.5 Å². The minimum absolute atomic E-state index is 0.127. The van der Waals surface area contributed by atoms with E-state index in [2.05, 4.69) is 9.88 Å². The van der Waals surface area contributed by atoms with Gasteiger partial charge in [0.15, 0.2) is 0 Å². The molecular formula is C12H19N5O. The lowest BCUT2D eigenvalue weighted by Gasteiger charge is -2.22. The van der Waals surface area contributed by atoms with Gasteiger partial charge in [-0.3, -0.25) is 4.79 Å². The zero-order valence-corrected chi connectivity index (χ0v) is 10.6. The van der Waals surface area contributed by atoms with Crippen molar-refractivity contribution in [3.8, 4) is 0 Å². The van der Waals surface area contributed by atoms with Crippen LogP contribution in [0.4, 0.5) is 17.3 Å². The molecule has 0 unspecified atom stereocenters. The van der Waals surface area contributed by atoms with E-state index in [1.807, 2.05) is 11.0 Å². The Balaban J connectivity index is 2.09. The third-order valence-corrected chi connectivity index (χ3v) is 3.21. The summed E-state index contributed by atoms with van der Waals surface area (Å²) < 4.78 is 0. The Kier molecular flexibility index (Phi) is 3.55. The number of carbonyl (C=O) groups is 1. The normalized spacial score (nSPS) is 16.5. The van der Waals surface area contributed by atoms with Crippen LogP contribution in [0.1, 0.15) is 13.3 Å². The first kappa shape index (κ1) is 12.5. The molecule has 1 aliphatic heterocycles. The standard InChI is InChI=1S/C12H19N5O/c1-9(18)16-5-2-6-17(8-7-16)11-4-3-10(13)12(14)15-11/h3-4H,2,5-8,13H2,1H3,(H2,14,15). The zero-order valence-electron chi connectivity index (χ0n) is 10.6. The van der Waals surface area contributed by atoms with Gasteiger partial charge >= 0.3 is 0 Å². The van der Waals surface area contributed by atoms with Crippen LogP contribution in [-0.2, 0) is 4.79 Å². The highest BCUT2D eigenvalue weighted by molar-refractivity contribution is 5.73. The number of hydrogen-bond donors (Lipinski definition) is 2. The van der Waals surface area contributed by atoms with Gasteiger partial charge in [0.05, 0.1) is 5.69 Å². The maximum atomic E-state index is 11.3. The third kappa shape index (κ3) is 2.64. The number of anilines is 3. The molecule has 6 heteroatoms. The Morgan fingerprint density at radius 2 is 2.00 bits per heavy atom. The van der Waals surface area contributed by atoms with Gasteiger partial charge in [0, 0.05) is 33.1 Å². The van der Waals surface area contributed by atoms with Crippen molar-refractivity contribution in [2.24, 2.45) is 0 Å². The van der Waals surface area contributed by atoms with Crippen LogP contribution < -0.4 is 16.4 Å². The van der Waals surface area contributed by atoms with E-state index in [0.717, 1.165) is 38.4 Å². The molecule has 6 nitrogen and oxygen atoms in total. The van der Waals surface area contributed by atoms with Crippen LogP contribution in [0.25, 0.3) is 0 Å². The van der Waals surface area contributed by atoms with Crippen molar-refractivity contribution in [3.05, 3.63) is 12.1 Å². The lowest BCUT2D eigenvalue weighted by molar-refractivity contribution is -0.128. The Hall–Kier alpha value is -1.98. The van der Waals surface area contributed by atoms with Crippen molar-refractivity contribution in [1.29, 1.82) is 0 Å². The molecule has 2 heterocycles. The van der Waals surface area contributed by atoms with Crippen LogP contribution in [0.2, 0.25) is 0 Å². The molecule has 0 aromatic carbocycles. The molecule has 4 N–H and O–H groups in total. The molecule has 0 bridgehead atoms. The summed E-state index contributed by atoms with van der Waals surface area (Å²) in [5.74, 6) is 1.31. The third-order valence-electron chi connectivity index (χ3n) is 3.21. The van der Waals surface area contributed by atoms with Gasteiger partial charge in [-0.25, -0.2) is 4.98 Å². The van der Waals surface area contributed by atoms with E-state index < -0.39 is 0 Å². The maximum absolute atomic E-state index is 11.3. The van der Waals surface area contributed by atoms with E-state index in [9.17, 15) is 4.79 Å². The molecule has 18 heavy (non-hydrogen) atoms. The van der Waals surface area contributed by atoms with Gasteiger partial charge in [-0.1, -0.05) is 0 Å². The number of rotatable bonds is 1. The van der Waals surface area contributed by atoms with Crippen LogP contribution in [-0.4, -0.2) is 42.0 Å². The zero-order chi connectivity index (χ0) is 13.1. The molecule has 1 aliphatic rings. The van der Waals surface area contributed by atoms with Gasteiger partial charge in [0.1, 0.15) is 11.6 Å². The first-order valence-electron chi connectivity index (χ1n) is 6.10. The SMILES string of the molecule is CC(=O)N1CCCN(c2ccc(N)c(N)n2)CC1. The molecule has 1 fully saturated rings. The van der Waals surface area contributed by atoms with Gasteiger partial charge < -0.3 is 21.3 Å². The maximum Gasteiger partial charge on any atom is 0.219 e. The van der Waals surface area contributed by atoms with Gasteiger partial charge in [-0.15, -0.1) is 0 Å². The van der Waals surface area contributed by atoms with Crippen LogP contribution in [0.3, 0.4) is 0 Å². The summed E-state index contributed by atoms with van der Waals surface area (Å²) in [5.41, 5.74) is 11.9. The van der Waals surface area contributed by atoms with Gasteiger partial charge in [-0.2, -0.15) is 0 Å². The molecule has 2 rings (SSSR count). The Labute approximate surface area is 107 Å². The average molecular weight is 249 g/mol. The number of nitrogens with two attached hydrogens (primary N) is 2. The number of hydrogen-bond acceptors (Lipinski definition) is 5. The fourth-order valence-electron chi connectivity index (χ4n) is 2.11. The van der Waals surface area contributed by atoms with E-state index in [-0.39, 0.29) is 5.91 Å².